The van der Waals surface area contributed by atoms with Crippen LogP contribution in [0.4, 0.5) is 17.3 Å². The zero-order valence-corrected chi connectivity index (χ0v) is 34.5. The fraction of sp³-hybridized carbons (Fsp3) is 0.0169. The molecular formula is C59H36N4O. The predicted octanol–water partition coefficient (Wildman–Crippen LogP) is 14.8. The maximum Gasteiger partial charge on any atom is 0.236 e. The lowest BCUT2D eigenvalue weighted by Gasteiger charge is -2.32. The normalized spacial score (nSPS) is 13.5. The molecule has 5 heteroatoms. The van der Waals surface area contributed by atoms with Gasteiger partial charge in [-0.25, -0.2) is 9.97 Å². The third-order valence-electron chi connectivity index (χ3n) is 13.6. The molecule has 64 heavy (non-hydrogen) atoms. The van der Waals surface area contributed by atoms with Crippen LogP contribution in [0.3, 0.4) is 0 Å². The molecule has 0 amide bonds. The van der Waals surface area contributed by atoms with Crippen LogP contribution in [0.25, 0.3) is 72.3 Å². The third kappa shape index (κ3) is 4.72. The Morgan fingerprint density at radius 2 is 0.984 bits per heavy atom. The number of rotatable bonds is 4. The minimum Gasteiger partial charge on any atom is -0.453 e. The van der Waals surface area contributed by atoms with E-state index < -0.39 is 5.41 Å². The molecule has 14 rings (SSSR count). The van der Waals surface area contributed by atoms with E-state index in [1.54, 1.807) is 0 Å². The first-order valence-electron chi connectivity index (χ1n) is 21.8. The molecule has 5 nitrogen and oxygen atoms in total. The highest BCUT2D eigenvalue weighted by Gasteiger charge is 2.52. The molecule has 0 bridgehead atoms. The van der Waals surface area contributed by atoms with Crippen LogP contribution in [-0.2, 0) is 5.41 Å². The SMILES string of the molecule is c1ccc(-c2cc(-c3cccc4c3-c3ccccc3C43c4ccccc4-c4ccccc43)nc(N3c4ccccc4Oc4cc5c6ccccc6n(-c6ccccc6)c5cc43)n2)cc1. The zero-order chi connectivity index (χ0) is 41.9. The van der Waals surface area contributed by atoms with Gasteiger partial charge in [-0.1, -0.05) is 170 Å². The molecular weight excluding hydrogens is 781 g/mol. The van der Waals surface area contributed by atoms with Gasteiger partial charge in [0.05, 0.1) is 39.2 Å². The highest BCUT2D eigenvalue weighted by molar-refractivity contribution is 6.12. The minimum absolute atomic E-state index is 0.474. The Labute approximate surface area is 369 Å². The van der Waals surface area contributed by atoms with Crippen molar-refractivity contribution in [2.45, 2.75) is 5.41 Å². The lowest BCUT2D eigenvalue weighted by atomic mass is 9.70. The largest absolute Gasteiger partial charge is 0.453 e. The van der Waals surface area contributed by atoms with Crippen LogP contribution in [-0.4, -0.2) is 14.5 Å². The number of para-hydroxylation sites is 4. The maximum absolute atomic E-state index is 6.83. The monoisotopic (exact) mass is 816 g/mol. The smallest absolute Gasteiger partial charge is 0.236 e. The van der Waals surface area contributed by atoms with Crippen molar-refractivity contribution in [1.82, 2.24) is 14.5 Å². The van der Waals surface area contributed by atoms with Gasteiger partial charge in [-0.2, -0.15) is 0 Å². The Bertz CT molecular complexity index is 3680. The molecule has 1 aliphatic heterocycles. The molecule has 2 aromatic heterocycles. The minimum atomic E-state index is -0.474. The summed E-state index contributed by atoms with van der Waals surface area (Å²) >= 11 is 0. The van der Waals surface area contributed by atoms with Crippen LogP contribution >= 0.6 is 0 Å². The van der Waals surface area contributed by atoms with Crippen LogP contribution in [0.1, 0.15) is 22.3 Å². The van der Waals surface area contributed by atoms with E-state index in [4.69, 9.17) is 14.7 Å². The summed E-state index contributed by atoms with van der Waals surface area (Å²) in [6.45, 7) is 0. The highest BCUT2D eigenvalue weighted by atomic mass is 16.5. The van der Waals surface area contributed by atoms with E-state index >= 15 is 0 Å². The topological polar surface area (TPSA) is 43.2 Å². The Morgan fingerprint density at radius 3 is 1.77 bits per heavy atom. The number of aromatic nitrogens is 3. The quantitative estimate of drug-likeness (QED) is 0.177. The molecule has 0 saturated carbocycles. The molecule has 0 N–H and O–H groups in total. The molecule has 3 aliphatic rings. The molecule has 3 heterocycles. The van der Waals surface area contributed by atoms with E-state index in [1.165, 1.54) is 44.5 Å². The molecule has 0 saturated heterocycles. The first kappa shape index (κ1) is 35.1. The average Bonchev–Trinajstić information content (AvgIpc) is 3.97. The highest BCUT2D eigenvalue weighted by Crippen LogP contribution is 2.64. The summed E-state index contributed by atoms with van der Waals surface area (Å²) in [5, 5.41) is 2.27. The average molecular weight is 817 g/mol. The summed E-state index contributed by atoms with van der Waals surface area (Å²) in [5.74, 6) is 2.05. The Balaban J connectivity index is 1.05. The molecule has 0 unspecified atom stereocenters. The van der Waals surface area contributed by atoms with Crippen molar-refractivity contribution >= 4 is 39.1 Å². The summed E-state index contributed by atoms with van der Waals surface area (Å²) in [7, 11) is 0. The van der Waals surface area contributed by atoms with Crippen LogP contribution in [0.2, 0.25) is 0 Å². The summed E-state index contributed by atoms with van der Waals surface area (Å²) < 4.78 is 9.18. The summed E-state index contributed by atoms with van der Waals surface area (Å²) in [4.78, 5) is 13.3. The molecule has 0 fully saturated rings. The van der Waals surface area contributed by atoms with Gasteiger partial charge in [-0.15, -0.1) is 0 Å². The van der Waals surface area contributed by atoms with Crippen molar-refractivity contribution in [3.8, 4) is 62.0 Å². The van der Waals surface area contributed by atoms with Gasteiger partial charge in [0.25, 0.3) is 0 Å². The number of fused-ring (bicyclic) bond motifs is 15. The molecule has 9 aromatic carbocycles. The first-order chi connectivity index (χ1) is 31.8. The second-order valence-electron chi connectivity index (χ2n) is 16.8. The van der Waals surface area contributed by atoms with Gasteiger partial charge >= 0.3 is 0 Å². The van der Waals surface area contributed by atoms with E-state index in [1.807, 2.05) is 12.1 Å². The van der Waals surface area contributed by atoms with Gasteiger partial charge in [-0.05, 0) is 93.0 Å². The number of anilines is 3. The number of hydrogen-bond acceptors (Lipinski definition) is 4. The second kappa shape index (κ2) is 13.2. The molecule has 1 spiro atoms. The van der Waals surface area contributed by atoms with E-state index in [0.29, 0.717) is 5.95 Å². The number of benzene rings is 9. The van der Waals surface area contributed by atoms with Crippen molar-refractivity contribution < 1.29 is 4.74 Å². The van der Waals surface area contributed by atoms with Crippen molar-refractivity contribution in [1.29, 1.82) is 0 Å². The Hall–Kier alpha value is -8.54. The number of hydrogen-bond donors (Lipinski definition) is 0. The third-order valence-corrected chi connectivity index (χ3v) is 13.6. The van der Waals surface area contributed by atoms with Crippen molar-refractivity contribution in [3.05, 3.63) is 241 Å². The fourth-order valence-corrected chi connectivity index (χ4v) is 11.1. The standard InChI is InChI=1S/C59H36N4O/c1-3-18-37(19-4-1)49-35-50(43-26-17-30-48-57(43)42-25-9-13-29-47(42)59(48)45-27-11-7-22-39(45)40-23-8-12-28-46(40)59)61-58(60-49)63-52-32-15-16-33-55(52)64-56-34-44-41-24-10-14-31-51(41)62(53(44)36-54(56)63)38-20-5-2-6-21-38/h1-36H. The molecule has 11 aromatic rings. The summed E-state index contributed by atoms with van der Waals surface area (Å²) in [6.07, 6.45) is 0. The van der Waals surface area contributed by atoms with Gasteiger partial charge < -0.3 is 9.30 Å². The molecule has 0 atom stereocenters. The predicted molar refractivity (Wildman–Crippen MR) is 258 cm³/mol. The van der Waals surface area contributed by atoms with Crippen LogP contribution in [0.15, 0.2) is 218 Å². The summed E-state index contributed by atoms with van der Waals surface area (Å²) in [6, 6.07) is 78.1. The Kier molecular flexibility index (Phi) is 7.26. The van der Waals surface area contributed by atoms with Gasteiger partial charge in [0.1, 0.15) is 0 Å². The molecule has 0 radical (unpaired) electrons. The van der Waals surface area contributed by atoms with Gasteiger partial charge in [0.2, 0.25) is 5.95 Å². The number of nitrogens with zero attached hydrogens (tertiary/aromatic N) is 4. The Morgan fingerprint density at radius 1 is 0.391 bits per heavy atom. The van der Waals surface area contributed by atoms with E-state index in [2.05, 4.69) is 216 Å². The van der Waals surface area contributed by atoms with Crippen molar-refractivity contribution in [2.75, 3.05) is 4.90 Å². The fourth-order valence-electron chi connectivity index (χ4n) is 11.1. The van der Waals surface area contributed by atoms with Crippen molar-refractivity contribution in [3.63, 3.8) is 0 Å². The lowest BCUT2D eigenvalue weighted by molar-refractivity contribution is 0.477. The zero-order valence-electron chi connectivity index (χ0n) is 34.5. The second-order valence-corrected chi connectivity index (χ2v) is 16.8. The first-order valence-corrected chi connectivity index (χ1v) is 21.8. The van der Waals surface area contributed by atoms with E-state index in [0.717, 1.165) is 72.9 Å². The maximum atomic E-state index is 6.83. The number of ether oxygens (including phenoxy) is 1. The van der Waals surface area contributed by atoms with Crippen LogP contribution in [0.5, 0.6) is 11.5 Å². The van der Waals surface area contributed by atoms with E-state index in [9.17, 15) is 0 Å². The van der Waals surface area contributed by atoms with E-state index in [-0.39, 0.29) is 0 Å². The van der Waals surface area contributed by atoms with Crippen LogP contribution in [0, 0.1) is 0 Å². The lowest BCUT2D eigenvalue weighted by Crippen LogP contribution is -2.25. The van der Waals surface area contributed by atoms with Gasteiger partial charge in [0, 0.05) is 27.6 Å². The van der Waals surface area contributed by atoms with Gasteiger partial charge in [0.15, 0.2) is 11.5 Å². The summed E-state index contributed by atoms with van der Waals surface area (Å²) in [5.41, 5.74) is 18.5. The van der Waals surface area contributed by atoms with Crippen molar-refractivity contribution in [2.24, 2.45) is 0 Å². The molecule has 2 aliphatic carbocycles. The molecule has 298 valence electrons. The van der Waals surface area contributed by atoms with Gasteiger partial charge in [-0.3, -0.25) is 4.90 Å². The van der Waals surface area contributed by atoms with Crippen LogP contribution < -0.4 is 9.64 Å².